The number of nitrogens with zero attached hydrogens (tertiary/aromatic N) is 8. The van der Waals surface area contributed by atoms with E-state index >= 15 is 0 Å². The van der Waals surface area contributed by atoms with Crippen LogP contribution in [0.3, 0.4) is 0 Å². The highest BCUT2D eigenvalue weighted by molar-refractivity contribution is 6.11. The van der Waals surface area contributed by atoms with Crippen LogP contribution in [0.5, 0.6) is 0 Å². The van der Waals surface area contributed by atoms with Gasteiger partial charge in [0.05, 0.1) is 55.9 Å². The quantitative estimate of drug-likeness (QED) is 0.129. The summed E-state index contributed by atoms with van der Waals surface area (Å²) in [6.07, 6.45) is 0. The van der Waals surface area contributed by atoms with Crippen LogP contribution in [-0.2, 0) is 0 Å². The number of hydrogen-bond acceptors (Lipinski definition) is 4. The molecule has 6 aromatic heterocycles. The van der Waals surface area contributed by atoms with E-state index in [-0.39, 0.29) is 0 Å². The number of rotatable bonds is 11. The lowest BCUT2D eigenvalue weighted by Crippen LogP contribution is -1.97. The minimum Gasteiger partial charge on any atom is -0.293 e. The molecule has 0 unspecified atom stereocenters. The summed E-state index contributed by atoms with van der Waals surface area (Å²) in [6.45, 7) is 0. The number of imidazole rings is 2. The van der Waals surface area contributed by atoms with E-state index in [2.05, 4.69) is 430 Å². The zero-order valence-corrected chi connectivity index (χ0v) is 61.8. The first-order valence-electron chi connectivity index (χ1n) is 38.7. The van der Waals surface area contributed by atoms with Crippen molar-refractivity contribution in [1.82, 2.24) is 37.9 Å². The molecular formula is C106H68N8. The Hall–Kier alpha value is -15.4. The Labute approximate surface area is 657 Å². The van der Waals surface area contributed by atoms with Crippen molar-refractivity contribution in [2.45, 2.75) is 0 Å². The van der Waals surface area contributed by atoms with Crippen LogP contribution in [0.15, 0.2) is 413 Å². The Morgan fingerprint density at radius 3 is 0.877 bits per heavy atom. The maximum atomic E-state index is 5.29. The molecule has 0 aliphatic heterocycles. The summed E-state index contributed by atoms with van der Waals surface area (Å²) in [5, 5.41) is 11.9. The van der Waals surface area contributed by atoms with Crippen LogP contribution in [0.25, 0.3) is 211 Å². The molecular weight excluding hydrogens is 1390 g/mol. The SMILES string of the molecule is c1ccc(-n2c3ccccc3n3c4ccccc4c(-c4ccc(-c5ccc(-c6cc(-c7ccc8ccccc8c7)nc(-c7ccc8ccccc8c7)n6)cc5)cc4)c23)cc1.c1ccc(-n2c3ccccc3n3c4ccccc4c(-c4cccc(-c5cc(-c6ccc7ccccc7c6)nc(-c6ccc7ccccc7c6)n5)c4)c23)cc1. The van der Waals surface area contributed by atoms with Crippen LogP contribution in [0, 0.1) is 0 Å². The Balaban J connectivity index is 0.000000140. The standard InChI is InChI=1S/C56H36N4.C50H32N4/c1-2-16-47(17-3-1)59-52-20-10-11-21-53(52)60-51-19-9-8-18-48(51)54(56(59)60)42-30-24-40(25-31-42)39-22-28-41(29-23-39)49-36-50(45-32-26-37-12-4-6-14-43(37)34-45)58-55(57-49)46-33-27-38-13-5-7-15-44(38)35-46;1-2-19-41(20-3-1)53-46-23-10-11-24-47(46)54-45-22-9-8-21-42(45)48(50(53)54)39-18-12-17-37(31-39)43-32-44(38-27-25-33-13-4-6-15-35(33)29-38)52-49(51-43)40-28-26-34-14-5-7-16-36(34)30-40/h1-36H;1-32H. The average Bonchev–Trinajstić information content (AvgIpc) is 1.55. The van der Waals surface area contributed by atoms with Gasteiger partial charge in [0.15, 0.2) is 11.6 Å². The monoisotopic (exact) mass is 1450 g/mol. The Kier molecular flexibility index (Phi) is 15.7. The molecule has 8 nitrogen and oxygen atoms in total. The van der Waals surface area contributed by atoms with Crippen molar-refractivity contribution in [3.8, 4) is 113 Å². The summed E-state index contributed by atoms with van der Waals surface area (Å²) in [4.78, 5) is 20.9. The number of hydrogen-bond donors (Lipinski definition) is 0. The summed E-state index contributed by atoms with van der Waals surface area (Å²) in [5.74, 6) is 1.41. The molecule has 114 heavy (non-hydrogen) atoms. The summed E-state index contributed by atoms with van der Waals surface area (Å²) in [7, 11) is 0. The van der Waals surface area contributed by atoms with Crippen LogP contribution in [0.1, 0.15) is 0 Å². The summed E-state index contributed by atoms with van der Waals surface area (Å²) in [5.41, 5.74) is 28.4. The fourth-order valence-electron chi connectivity index (χ4n) is 17.1. The van der Waals surface area contributed by atoms with E-state index in [1.165, 1.54) is 92.7 Å². The van der Waals surface area contributed by atoms with Crippen molar-refractivity contribution in [2.75, 3.05) is 0 Å². The van der Waals surface area contributed by atoms with Gasteiger partial charge in [-0.05, 0) is 168 Å². The number of benzene rings is 17. The molecule has 0 amide bonds. The maximum Gasteiger partial charge on any atom is 0.160 e. The summed E-state index contributed by atoms with van der Waals surface area (Å²) in [6, 6.07) is 147. The zero-order chi connectivity index (χ0) is 75.2. The molecule has 17 aromatic carbocycles. The van der Waals surface area contributed by atoms with E-state index in [1.54, 1.807) is 0 Å². The van der Waals surface area contributed by atoms with Crippen LogP contribution in [-0.4, -0.2) is 37.9 Å². The van der Waals surface area contributed by atoms with Gasteiger partial charge in [-0.1, -0.05) is 309 Å². The van der Waals surface area contributed by atoms with E-state index < -0.39 is 0 Å². The normalized spacial score (nSPS) is 11.7. The molecule has 6 heterocycles. The number of para-hydroxylation sites is 8. The predicted molar refractivity (Wildman–Crippen MR) is 474 cm³/mol. The molecule has 0 radical (unpaired) electrons. The molecule has 532 valence electrons. The van der Waals surface area contributed by atoms with Gasteiger partial charge >= 0.3 is 0 Å². The second-order valence-electron chi connectivity index (χ2n) is 29.3. The Morgan fingerprint density at radius 2 is 0.456 bits per heavy atom. The predicted octanol–water partition coefficient (Wildman–Crippen LogP) is 27.3. The minimum atomic E-state index is 0.702. The van der Waals surface area contributed by atoms with Gasteiger partial charge in [0.2, 0.25) is 0 Å². The average molecular weight is 1450 g/mol. The van der Waals surface area contributed by atoms with Crippen molar-refractivity contribution in [3.63, 3.8) is 0 Å². The first-order valence-corrected chi connectivity index (χ1v) is 38.7. The molecule has 0 saturated heterocycles. The lowest BCUT2D eigenvalue weighted by Gasteiger charge is -2.12. The van der Waals surface area contributed by atoms with Crippen LogP contribution in [0.4, 0.5) is 0 Å². The van der Waals surface area contributed by atoms with Crippen molar-refractivity contribution in [1.29, 1.82) is 0 Å². The lowest BCUT2D eigenvalue weighted by molar-refractivity contribution is 1.15. The van der Waals surface area contributed by atoms with Gasteiger partial charge in [-0.25, -0.2) is 19.9 Å². The topological polar surface area (TPSA) is 70.2 Å². The third-order valence-electron chi connectivity index (χ3n) is 22.6. The highest BCUT2D eigenvalue weighted by Gasteiger charge is 2.26. The van der Waals surface area contributed by atoms with Gasteiger partial charge < -0.3 is 0 Å². The van der Waals surface area contributed by atoms with E-state index in [1.807, 2.05) is 0 Å². The van der Waals surface area contributed by atoms with Crippen LogP contribution < -0.4 is 0 Å². The van der Waals surface area contributed by atoms with Crippen LogP contribution >= 0.6 is 0 Å². The molecule has 23 aromatic rings. The third-order valence-corrected chi connectivity index (χ3v) is 22.6. The molecule has 8 heteroatoms. The zero-order valence-electron chi connectivity index (χ0n) is 61.8. The van der Waals surface area contributed by atoms with Gasteiger partial charge in [-0.2, -0.15) is 0 Å². The van der Waals surface area contributed by atoms with E-state index in [9.17, 15) is 0 Å². The molecule has 23 rings (SSSR count). The smallest absolute Gasteiger partial charge is 0.160 e. The fraction of sp³-hybridized carbons (Fsp3) is 0. The van der Waals surface area contributed by atoms with Gasteiger partial charge in [-0.15, -0.1) is 0 Å². The maximum absolute atomic E-state index is 5.29. The Morgan fingerprint density at radius 1 is 0.167 bits per heavy atom. The second-order valence-corrected chi connectivity index (χ2v) is 29.3. The summed E-state index contributed by atoms with van der Waals surface area (Å²) < 4.78 is 9.64. The highest BCUT2D eigenvalue weighted by Crippen LogP contribution is 2.45. The Bertz CT molecular complexity index is 7520. The molecule has 0 N–H and O–H groups in total. The molecule has 0 spiro atoms. The van der Waals surface area contributed by atoms with E-state index in [0.717, 1.165) is 106 Å². The minimum absolute atomic E-state index is 0.702. The fourth-order valence-corrected chi connectivity index (χ4v) is 17.1. The lowest BCUT2D eigenvalue weighted by atomic mass is 9.98. The van der Waals surface area contributed by atoms with Crippen molar-refractivity contribution in [3.05, 3.63) is 413 Å². The second kappa shape index (κ2) is 27.3. The molecule has 0 atom stereocenters. The molecule has 0 saturated carbocycles. The molecule has 0 bridgehead atoms. The summed E-state index contributed by atoms with van der Waals surface area (Å²) >= 11 is 0. The molecule has 0 fully saturated rings. The molecule has 0 aliphatic carbocycles. The van der Waals surface area contributed by atoms with E-state index in [0.29, 0.717) is 11.6 Å². The van der Waals surface area contributed by atoms with Crippen molar-refractivity contribution in [2.24, 2.45) is 0 Å². The molecule has 0 aliphatic rings. The van der Waals surface area contributed by atoms with Gasteiger partial charge in [0, 0.05) is 66.7 Å². The van der Waals surface area contributed by atoms with E-state index in [4.69, 9.17) is 19.9 Å². The van der Waals surface area contributed by atoms with Gasteiger partial charge in [-0.3, -0.25) is 17.9 Å². The third kappa shape index (κ3) is 11.4. The first-order chi connectivity index (χ1) is 56.5. The van der Waals surface area contributed by atoms with Gasteiger partial charge in [0.25, 0.3) is 0 Å². The largest absolute Gasteiger partial charge is 0.293 e. The highest BCUT2D eigenvalue weighted by atomic mass is 15.1. The van der Waals surface area contributed by atoms with Crippen LogP contribution in [0.2, 0.25) is 0 Å². The van der Waals surface area contributed by atoms with Gasteiger partial charge in [0.1, 0.15) is 11.3 Å². The van der Waals surface area contributed by atoms with Crippen molar-refractivity contribution < 1.29 is 0 Å². The first kappa shape index (κ1) is 65.7. The number of fused-ring (bicyclic) bond motifs is 14. The number of aromatic nitrogens is 8. The van der Waals surface area contributed by atoms with Crippen molar-refractivity contribution >= 4 is 98.3 Å².